The van der Waals surface area contributed by atoms with Crippen LogP contribution in [0.2, 0.25) is 0 Å². The van der Waals surface area contributed by atoms with Crippen LogP contribution in [0.25, 0.3) is 10.2 Å². The number of methoxy groups -OCH3 is 1. The van der Waals surface area contributed by atoms with Crippen molar-refractivity contribution < 1.29 is 14.6 Å². The lowest BCUT2D eigenvalue weighted by molar-refractivity contribution is -0.122. The minimum absolute atomic E-state index is 0.0318. The molecule has 5 rings (SSSR count). The highest BCUT2D eigenvalue weighted by Crippen LogP contribution is 2.38. The van der Waals surface area contributed by atoms with Crippen LogP contribution in [0.1, 0.15) is 18.7 Å². The minimum atomic E-state index is -0.250. The SMILES string of the molecule is CO[C@@H]1C[C@H]2CN(Cc3nc4ccsc4c(=O)[nH]3)C[C@H]2C[C@H]1Nc1ccccn1.O=CO. The van der Waals surface area contributed by atoms with E-state index in [1.165, 1.54) is 11.3 Å². The van der Waals surface area contributed by atoms with Crippen LogP contribution in [0.15, 0.2) is 40.6 Å². The summed E-state index contributed by atoms with van der Waals surface area (Å²) < 4.78 is 6.53. The van der Waals surface area contributed by atoms with Crippen molar-refractivity contribution in [3.05, 3.63) is 52.0 Å². The number of aromatic nitrogens is 3. The van der Waals surface area contributed by atoms with Gasteiger partial charge in [0.05, 0.1) is 24.2 Å². The Kier molecular flexibility index (Phi) is 7.13. The lowest BCUT2D eigenvalue weighted by atomic mass is 9.77. The number of fused-ring (bicyclic) bond motifs is 2. The predicted molar refractivity (Wildman–Crippen MR) is 123 cm³/mol. The second kappa shape index (κ2) is 10.2. The van der Waals surface area contributed by atoms with Gasteiger partial charge >= 0.3 is 0 Å². The van der Waals surface area contributed by atoms with Gasteiger partial charge in [-0.25, -0.2) is 9.97 Å². The normalized spacial score (nSPS) is 25.0. The molecule has 0 unspecified atom stereocenters. The third kappa shape index (κ3) is 4.98. The average molecular weight is 458 g/mol. The first kappa shape index (κ1) is 22.4. The molecule has 1 aliphatic heterocycles. The highest BCUT2D eigenvalue weighted by atomic mass is 32.1. The molecule has 0 radical (unpaired) electrons. The molecule has 10 heteroatoms. The largest absolute Gasteiger partial charge is 0.483 e. The van der Waals surface area contributed by atoms with Gasteiger partial charge < -0.3 is 20.1 Å². The first-order chi connectivity index (χ1) is 15.6. The van der Waals surface area contributed by atoms with Gasteiger partial charge in [0, 0.05) is 26.4 Å². The van der Waals surface area contributed by atoms with E-state index in [0.717, 1.165) is 43.1 Å². The third-order valence-corrected chi connectivity index (χ3v) is 7.13. The fourth-order valence-electron chi connectivity index (χ4n) is 4.90. The first-order valence-electron chi connectivity index (χ1n) is 10.6. The summed E-state index contributed by atoms with van der Waals surface area (Å²) in [6.07, 6.45) is 4.09. The van der Waals surface area contributed by atoms with Crippen LogP contribution in [0, 0.1) is 11.8 Å². The molecule has 3 aromatic heterocycles. The number of hydrogen-bond donors (Lipinski definition) is 3. The van der Waals surface area contributed by atoms with E-state index in [2.05, 4.69) is 25.2 Å². The summed E-state index contributed by atoms with van der Waals surface area (Å²) in [6, 6.07) is 8.10. The summed E-state index contributed by atoms with van der Waals surface area (Å²) in [6.45, 7) is 2.48. The maximum Gasteiger partial charge on any atom is 0.290 e. The number of thiophene rings is 1. The molecule has 2 fully saturated rings. The van der Waals surface area contributed by atoms with Gasteiger partial charge in [0.1, 0.15) is 16.3 Å². The zero-order valence-electron chi connectivity index (χ0n) is 17.8. The van der Waals surface area contributed by atoms with Crippen molar-refractivity contribution in [1.29, 1.82) is 0 Å². The zero-order valence-corrected chi connectivity index (χ0v) is 18.6. The Hall–Kier alpha value is -2.82. The van der Waals surface area contributed by atoms with Crippen molar-refractivity contribution in [3.8, 4) is 0 Å². The number of rotatable bonds is 5. The molecule has 1 aliphatic carbocycles. The van der Waals surface area contributed by atoms with E-state index in [-0.39, 0.29) is 24.2 Å². The lowest BCUT2D eigenvalue weighted by Gasteiger charge is -2.37. The summed E-state index contributed by atoms with van der Waals surface area (Å²) in [4.78, 5) is 35.0. The molecule has 0 aromatic carbocycles. The Bertz CT molecular complexity index is 1090. The van der Waals surface area contributed by atoms with Gasteiger partial charge in [-0.2, -0.15) is 0 Å². The number of pyridine rings is 1. The fourth-order valence-corrected chi connectivity index (χ4v) is 5.62. The van der Waals surface area contributed by atoms with E-state index in [4.69, 9.17) is 14.6 Å². The van der Waals surface area contributed by atoms with Gasteiger partial charge in [-0.15, -0.1) is 11.3 Å². The Balaban J connectivity index is 0.000000775. The second-order valence-electron chi connectivity index (χ2n) is 8.18. The highest BCUT2D eigenvalue weighted by molar-refractivity contribution is 7.17. The van der Waals surface area contributed by atoms with Crippen molar-refractivity contribution in [2.75, 3.05) is 25.5 Å². The van der Waals surface area contributed by atoms with E-state index in [1.54, 1.807) is 7.11 Å². The van der Waals surface area contributed by atoms with Crippen LogP contribution in [0.5, 0.6) is 0 Å². The van der Waals surface area contributed by atoms with E-state index in [1.807, 2.05) is 35.8 Å². The Morgan fingerprint density at radius 2 is 2.09 bits per heavy atom. The number of aromatic amines is 1. The molecule has 2 aliphatic rings. The number of nitrogens with one attached hydrogen (secondary N) is 2. The molecule has 1 saturated heterocycles. The van der Waals surface area contributed by atoms with Crippen molar-refractivity contribution in [3.63, 3.8) is 0 Å². The maximum absolute atomic E-state index is 12.2. The number of anilines is 1. The highest BCUT2D eigenvalue weighted by Gasteiger charge is 2.42. The molecule has 4 heterocycles. The Morgan fingerprint density at radius 3 is 2.81 bits per heavy atom. The van der Waals surface area contributed by atoms with Crippen molar-refractivity contribution in [1.82, 2.24) is 19.9 Å². The van der Waals surface area contributed by atoms with Gasteiger partial charge in [-0.1, -0.05) is 6.07 Å². The van der Waals surface area contributed by atoms with Crippen molar-refractivity contribution in [2.45, 2.75) is 31.5 Å². The minimum Gasteiger partial charge on any atom is -0.483 e. The molecular formula is C22H27N5O4S. The summed E-state index contributed by atoms with van der Waals surface area (Å²) in [5, 5.41) is 12.4. The smallest absolute Gasteiger partial charge is 0.290 e. The van der Waals surface area contributed by atoms with Crippen LogP contribution in [-0.2, 0) is 16.1 Å². The van der Waals surface area contributed by atoms with E-state index in [9.17, 15) is 4.79 Å². The Labute approximate surface area is 189 Å². The summed E-state index contributed by atoms with van der Waals surface area (Å²) >= 11 is 1.44. The summed E-state index contributed by atoms with van der Waals surface area (Å²) in [5.41, 5.74) is 0.764. The number of ether oxygens (including phenoxy) is 1. The number of carbonyl (C=O) groups is 1. The third-order valence-electron chi connectivity index (χ3n) is 6.23. The number of nitrogens with zero attached hydrogens (tertiary/aromatic N) is 3. The molecule has 1 saturated carbocycles. The van der Waals surface area contributed by atoms with Gasteiger partial charge in [-0.05, 0) is 48.3 Å². The fraction of sp³-hybridized carbons (Fsp3) is 0.455. The molecule has 0 spiro atoms. The van der Waals surface area contributed by atoms with Crippen LogP contribution in [-0.4, -0.2) is 63.8 Å². The zero-order chi connectivity index (χ0) is 22.5. The molecule has 0 amide bonds. The van der Waals surface area contributed by atoms with Gasteiger partial charge in [0.15, 0.2) is 0 Å². The summed E-state index contributed by atoms with van der Waals surface area (Å²) in [7, 11) is 1.80. The number of H-pyrrole nitrogens is 1. The second-order valence-corrected chi connectivity index (χ2v) is 9.09. The standard InChI is InChI=1S/C21H25N5O2S.CH2O2/c1-28-17-9-14-11-26(12-19-23-15-5-7-29-20(15)21(27)25-19)10-13(14)8-16(17)24-18-4-2-3-6-22-18;2-1-3/h2-7,13-14,16-17H,8-12H2,1H3,(H,22,24)(H,23,25,27);1H,(H,2,3)/t13-,14+,16-,17-;/m1./s1. The predicted octanol–water partition coefficient (Wildman–Crippen LogP) is 2.42. The van der Waals surface area contributed by atoms with Crippen LogP contribution in [0.4, 0.5) is 5.82 Å². The maximum atomic E-state index is 12.2. The molecule has 9 nitrogen and oxygen atoms in total. The van der Waals surface area contributed by atoms with Crippen molar-refractivity contribution in [2.24, 2.45) is 11.8 Å². The van der Waals surface area contributed by atoms with Crippen LogP contribution in [0.3, 0.4) is 0 Å². The van der Waals surface area contributed by atoms with Crippen molar-refractivity contribution >= 4 is 33.8 Å². The number of likely N-dealkylation sites (tertiary alicyclic amines) is 1. The van der Waals surface area contributed by atoms with E-state index >= 15 is 0 Å². The number of hydrogen-bond acceptors (Lipinski definition) is 8. The van der Waals surface area contributed by atoms with E-state index in [0.29, 0.717) is 23.1 Å². The monoisotopic (exact) mass is 457 g/mol. The molecule has 4 atom stereocenters. The number of carboxylic acid groups (broad SMARTS) is 1. The quantitative estimate of drug-likeness (QED) is 0.500. The molecular weight excluding hydrogens is 430 g/mol. The van der Waals surface area contributed by atoms with Crippen LogP contribution >= 0.6 is 11.3 Å². The lowest BCUT2D eigenvalue weighted by Crippen LogP contribution is -2.44. The molecule has 3 aromatic rings. The first-order valence-corrected chi connectivity index (χ1v) is 11.5. The molecule has 32 heavy (non-hydrogen) atoms. The van der Waals surface area contributed by atoms with E-state index < -0.39 is 0 Å². The topological polar surface area (TPSA) is 120 Å². The van der Waals surface area contributed by atoms with Crippen LogP contribution < -0.4 is 10.9 Å². The van der Waals surface area contributed by atoms with Gasteiger partial charge in [0.2, 0.25) is 0 Å². The Morgan fingerprint density at radius 1 is 1.31 bits per heavy atom. The molecule has 0 bridgehead atoms. The molecule has 170 valence electrons. The summed E-state index contributed by atoms with van der Waals surface area (Å²) in [5.74, 6) is 2.88. The average Bonchev–Trinajstić information content (AvgIpc) is 3.41. The van der Waals surface area contributed by atoms with Gasteiger partial charge in [-0.3, -0.25) is 14.5 Å². The van der Waals surface area contributed by atoms with Gasteiger partial charge in [0.25, 0.3) is 12.0 Å². The molecule has 3 N–H and O–H groups in total.